The molecule has 0 aromatic carbocycles. The second-order valence-electron chi connectivity index (χ2n) is 6.09. The summed E-state index contributed by atoms with van der Waals surface area (Å²) < 4.78 is 8.59. The number of halogens is 1. The summed E-state index contributed by atoms with van der Waals surface area (Å²) in [5.74, 6) is 0.320. The predicted octanol–water partition coefficient (Wildman–Crippen LogP) is 2.68. The molecule has 0 unspecified atom stereocenters. The fourth-order valence-electron chi connectivity index (χ4n) is 2.56. The Kier molecular flexibility index (Phi) is 5.80. The van der Waals surface area contributed by atoms with E-state index < -0.39 is 5.97 Å². The van der Waals surface area contributed by atoms with Crippen molar-refractivity contribution in [2.75, 3.05) is 0 Å². The number of esters is 1. The maximum absolute atomic E-state index is 12.5. The van der Waals surface area contributed by atoms with E-state index in [1.54, 1.807) is 21.5 Å². The third-order valence-corrected chi connectivity index (χ3v) is 4.22. The van der Waals surface area contributed by atoms with Gasteiger partial charge in [-0.05, 0) is 48.9 Å². The molecule has 3 rings (SSSR count). The number of tetrazole rings is 1. The SMILES string of the molecule is CCCCn1nnnc1COC(=O)c1nc(-n2nc(C)cc2C)ccc1Cl. The summed E-state index contributed by atoms with van der Waals surface area (Å²) in [6, 6.07) is 5.22. The second kappa shape index (κ2) is 8.26. The average molecular weight is 390 g/mol. The van der Waals surface area contributed by atoms with Crippen LogP contribution in [0.1, 0.15) is 47.5 Å². The van der Waals surface area contributed by atoms with Crippen molar-refractivity contribution in [2.24, 2.45) is 0 Å². The summed E-state index contributed by atoms with van der Waals surface area (Å²) in [4.78, 5) is 16.8. The third-order valence-electron chi connectivity index (χ3n) is 3.91. The Morgan fingerprint density at radius 2 is 2.11 bits per heavy atom. The number of unbranched alkanes of at least 4 members (excludes halogenated alkanes) is 1. The van der Waals surface area contributed by atoms with Gasteiger partial charge in [-0.15, -0.1) is 5.10 Å². The number of nitrogens with zero attached hydrogens (tertiary/aromatic N) is 7. The number of hydrogen-bond acceptors (Lipinski definition) is 7. The fraction of sp³-hybridized carbons (Fsp3) is 0.412. The van der Waals surface area contributed by atoms with Crippen molar-refractivity contribution >= 4 is 17.6 Å². The molecule has 0 N–H and O–H groups in total. The average Bonchev–Trinajstić information content (AvgIpc) is 3.23. The van der Waals surface area contributed by atoms with E-state index in [0.29, 0.717) is 18.2 Å². The van der Waals surface area contributed by atoms with Gasteiger partial charge in [0.15, 0.2) is 23.9 Å². The fourth-order valence-corrected chi connectivity index (χ4v) is 2.74. The Balaban J connectivity index is 1.76. The highest BCUT2D eigenvalue weighted by Crippen LogP contribution is 2.19. The second-order valence-corrected chi connectivity index (χ2v) is 6.49. The number of carbonyl (C=O) groups excluding carboxylic acids is 1. The van der Waals surface area contributed by atoms with Gasteiger partial charge in [-0.25, -0.2) is 19.1 Å². The lowest BCUT2D eigenvalue weighted by Gasteiger charge is -2.09. The lowest BCUT2D eigenvalue weighted by Crippen LogP contribution is -2.14. The first kappa shape index (κ1) is 19.0. The molecule has 27 heavy (non-hydrogen) atoms. The highest BCUT2D eigenvalue weighted by atomic mass is 35.5. The molecule has 0 atom stereocenters. The Morgan fingerprint density at radius 3 is 2.81 bits per heavy atom. The maximum atomic E-state index is 12.5. The number of ether oxygens (including phenoxy) is 1. The lowest BCUT2D eigenvalue weighted by atomic mass is 10.3. The molecule has 0 fully saturated rings. The van der Waals surface area contributed by atoms with Gasteiger partial charge in [-0.2, -0.15) is 5.10 Å². The highest BCUT2D eigenvalue weighted by Gasteiger charge is 2.18. The summed E-state index contributed by atoms with van der Waals surface area (Å²) in [6.45, 7) is 6.48. The molecule has 0 saturated heterocycles. The topological polar surface area (TPSA) is 101 Å². The molecule has 3 aromatic heterocycles. The van der Waals surface area contributed by atoms with E-state index in [9.17, 15) is 4.79 Å². The van der Waals surface area contributed by atoms with Gasteiger partial charge in [-0.1, -0.05) is 24.9 Å². The maximum Gasteiger partial charge on any atom is 0.359 e. The smallest absolute Gasteiger partial charge is 0.359 e. The van der Waals surface area contributed by atoms with Crippen LogP contribution in [0, 0.1) is 13.8 Å². The van der Waals surface area contributed by atoms with Gasteiger partial charge in [0.05, 0.1) is 10.7 Å². The van der Waals surface area contributed by atoms with Gasteiger partial charge >= 0.3 is 5.97 Å². The predicted molar refractivity (Wildman–Crippen MR) is 97.7 cm³/mol. The first-order chi connectivity index (χ1) is 13.0. The Labute approximate surface area is 161 Å². The first-order valence-electron chi connectivity index (χ1n) is 8.62. The van der Waals surface area contributed by atoms with Crippen molar-refractivity contribution in [1.82, 2.24) is 35.0 Å². The zero-order chi connectivity index (χ0) is 19.4. The van der Waals surface area contributed by atoms with Crippen LogP contribution in [0.5, 0.6) is 0 Å². The quantitative estimate of drug-likeness (QED) is 0.572. The summed E-state index contributed by atoms with van der Waals surface area (Å²) in [5, 5.41) is 16.0. The zero-order valence-electron chi connectivity index (χ0n) is 15.4. The largest absolute Gasteiger partial charge is 0.453 e. The van der Waals surface area contributed by atoms with Crippen LogP contribution in [-0.4, -0.2) is 40.9 Å². The van der Waals surface area contributed by atoms with Crippen LogP contribution in [-0.2, 0) is 17.9 Å². The van der Waals surface area contributed by atoms with Crippen molar-refractivity contribution in [3.8, 4) is 5.82 Å². The van der Waals surface area contributed by atoms with Crippen LogP contribution in [0.4, 0.5) is 0 Å². The standard InChI is InChI=1S/C17H20ClN7O2/c1-4-5-8-24-15(20-22-23-24)10-27-17(26)16-13(18)6-7-14(19-16)25-12(3)9-11(2)21-25/h6-7,9H,4-5,8,10H2,1-3H3. The molecule has 9 nitrogen and oxygen atoms in total. The summed E-state index contributed by atoms with van der Waals surface area (Å²) in [5.41, 5.74) is 1.78. The van der Waals surface area contributed by atoms with E-state index in [4.69, 9.17) is 16.3 Å². The molecule has 142 valence electrons. The minimum Gasteiger partial charge on any atom is -0.453 e. The zero-order valence-corrected chi connectivity index (χ0v) is 16.1. The number of rotatable bonds is 7. The molecule has 0 bridgehead atoms. The Morgan fingerprint density at radius 1 is 1.30 bits per heavy atom. The number of hydrogen-bond donors (Lipinski definition) is 0. The molecular formula is C17H20ClN7O2. The molecule has 0 radical (unpaired) electrons. The van der Waals surface area contributed by atoms with Crippen LogP contribution >= 0.6 is 11.6 Å². The molecular weight excluding hydrogens is 370 g/mol. The van der Waals surface area contributed by atoms with E-state index >= 15 is 0 Å². The molecule has 0 amide bonds. The van der Waals surface area contributed by atoms with Crippen molar-refractivity contribution in [3.05, 3.63) is 46.1 Å². The van der Waals surface area contributed by atoms with Gasteiger partial charge in [0.1, 0.15) is 0 Å². The number of aromatic nitrogens is 7. The van der Waals surface area contributed by atoms with Gasteiger partial charge in [0, 0.05) is 12.2 Å². The van der Waals surface area contributed by atoms with Crippen molar-refractivity contribution in [3.63, 3.8) is 0 Å². The molecule has 0 spiro atoms. The van der Waals surface area contributed by atoms with Gasteiger partial charge in [0.25, 0.3) is 0 Å². The van der Waals surface area contributed by atoms with Crippen LogP contribution in [0.15, 0.2) is 18.2 Å². The van der Waals surface area contributed by atoms with Crippen molar-refractivity contribution in [2.45, 2.75) is 46.8 Å². The summed E-state index contributed by atoms with van der Waals surface area (Å²) in [7, 11) is 0. The van der Waals surface area contributed by atoms with Crippen LogP contribution < -0.4 is 0 Å². The van der Waals surface area contributed by atoms with E-state index in [1.807, 2.05) is 19.9 Å². The van der Waals surface area contributed by atoms with E-state index in [0.717, 1.165) is 24.2 Å². The minimum absolute atomic E-state index is 0.0225. The molecule has 0 aliphatic carbocycles. The molecule has 3 heterocycles. The van der Waals surface area contributed by atoms with Crippen molar-refractivity contribution in [1.29, 1.82) is 0 Å². The molecule has 3 aromatic rings. The molecule has 0 saturated carbocycles. The van der Waals surface area contributed by atoms with Gasteiger partial charge < -0.3 is 4.74 Å². The van der Waals surface area contributed by atoms with E-state index in [1.165, 1.54) is 0 Å². The minimum atomic E-state index is -0.645. The Hall–Kier alpha value is -2.81. The number of pyridine rings is 1. The van der Waals surface area contributed by atoms with Gasteiger partial charge in [-0.3, -0.25) is 0 Å². The first-order valence-corrected chi connectivity index (χ1v) is 8.99. The van der Waals surface area contributed by atoms with Crippen LogP contribution in [0.25, 0.3) is 5.82 Å². The lowest BCUT2D eigenvalue weighted by molar-refractivity contribution is 0.0449. The normalized spacial score (nSPS) is 11.0. The third kappa shape index (κ3) is 4.30. The highest BCUT2D eigenvalue weighted by molar-refractivity contribution is 6.33. The number of carbonyl (C=O) groups is 1. The van der Waals surface area contributed by atoms with Crippen LogP contribution in [0.2, 0.25) is 5.02 Å². The van der Waals surface area contributed by atoms with Gasteiger partial charge in [0.2, 0.25) is 0 Å². The molecule has 10 heteroatoms. The van der Waals surface area contributed by atoms with E-state index in [2.05, 4.69) is 32.5 Å². The van der Waals surface area contributed by atoms with E-state index in [-0.39, 0.29) is 17.3 Å². The Bertz CT molecular complexity index is 951. The summed E-state index contributed by atoms with van der Waals surface area (Å²) in [6.07, 6.45) is 1.95. The monoisotopic (exact) mass is 389 g/mol. The summed E-state index contributed by atoms with van der Waals surface area (Å²) >= 11 is 6.15. The van der Waals surface area contributed by atoms with Crippen LogP contribution in [0.3, 0.4) is 0 Å². The molecule has 0 aliphatic heterocycles. The van der Waals surface area contributed by atoms with Crippen molar-refractivity contribution < 1.29 is 9.53 Å². The number of aryl methyl sites for hydroxylation is 3. The molecule has 0 aliphatic rings.